The van der Waals surface area contributed by atoms with E-state index in [9.17, 15) is 9.59 Å². The molecule has 4 heteroatoms. The number of amides is 1. The summed E-state index contributed by atoms with van der Waals surface area (Å²) >= 11 is 0. The molecule has 0 aliphatic heterocycles. The molecule has 0 saturated heterocycles. The molecule has 0 radical (unpaired) electrons. The summed E-state index contributed by atoms with van der Waals surface area (Å²) in [7, 11) is 0. The van der Waals surface area contributed by atoms with Crippen LogP contribution in [-0.4, -0.2) is 18.5 Å². The fourth-order valence-electron chi connectivity index (χ4n) is 0.759. The van der Waals surface area contributed by atoms with Gasteiger partial charge < -0.3 is 10.1 Å². The lowest BCUT2D eigenvalue weighted by molar-refractivity contribution is -0.140. The summed E-state index contributed by atoms with van der Waals surface area (Å²) in [6, 6.07) is 0. The number of rotatable bonds is 3. The number of carbonyl (C=O) groups is 2. The number of esters is 1. The van der Waals surface area contributed by atoms with Crippen molar-refractivity contribution in [3.63, 3.8) is 0 Å². The van der Waals surface area contributed by atoms with Crippen LogP contribution in [0.5, 0.6) is 0 Å². The third-order valence-electron chi connectivity index (χ3n) is 1.28. The molecule has 1 amide bonds. The van der Waals surface area contributed by atoms with E-state index in [1.165, 1.54) is 6.92 Å². The highest BCUT2D eigenvalue weighted by atomic mass is 16.5. The Hall–Kier alpha value is -1.32. The maximum Gasteiger partial charge on any atom is 0.354 e. The predicted molar refractivity (Wildman–Crippen MR) is 48.8 cm³/mol. The van der Waals surface area contributed by atoms with Gasteiger partial charge in [-0.25, -0.2) is 4.79 Å². The SMILES string of the molecule is CCOC(=O)C(NC(C)=O)=C(C)C. The number of allylic oxidation sites excluding steroid dienone is 1. The molecule has 0 aliphatic rings. The molecule has 0 unspecified atom stereocenters. The summed E-state index contributed by atoms with van der Waals surface area (Å²) in [5, 5.41) is 2.43. The maximum absolute atomic E-state index is 11.2. The van der Waals surface area contributed by atoms with Crippen LogP contribution in [0, 0.1) is 0 Å². The largest absolute Gasteiger partial charge is 0.461 e. The first kappa shape index (κ1) is 11.7. The quantitative estimate of drug-likeness (QED) is 0.526. The minimum Gasteiger partial charge on any atom is -0.461 e. The highest BCUT2D eigenvalue weighted by molar-refractivity contribution is 5.93. The van der Waals surface area contributed by atoms with Crippen LogP contribution in [0.4, 0.5) is 0 Å². The summed E-state index contributed by atoms with van der Waals surface area (Å²) in [4.78, 5) is 21.9. The van der Waals surface area contributed by atoms with E-state index in [1.807, 2.05) is 0 Å². The Labute approximate surface area is 78.0 Å². The third-order valence-corrected chi connectivity index (χ3v) is 1.28. The topological polar surface area (TPSA) is 55.4 Å². The van der Waals surface area contributed by atoms with Crippen molar-refractivity contribution in [3.8, 4) is 0 Å². The number of nitrogens with one attached hydrogen (secondary N) is 1. The molecule has 0 aromatic carbocycles. The minimum absolute atomic E-state index is 0.231. The van der Waals surface area contributed by atoms with Crippen molar-refractivity contribution < 1.29 is 14.3 Å². The van der Waals surface area contributed by atoms with Gasteiger partial charge in [0.2, 0.25) is 5.91 Å². The smallest absolute Gasteiger partial charge is 0.354 e. The molecule has 1 N–H and O–H groups in total. The molecule has 0 bridgehead atoms. The fourth-order valence-corrected chi connectivity index (χ4v) is 0.759. The standard InChI is InChI=1S/C9H15NO3/c1-5-13-9(12)8(6(2)3)10-7(4)11/h5H2,1-4H3,(H,10,11). The second kappa shape index (κ2) is 5.35. The molecular formula is C9H15NO3. The Kier molecular flexibility index (Phi) is 4.80. The third kappa shape index (κ3) is 4.30. The molecule has 0 spiro atoms. The van der Waals surface area contributed by atoms with Gasteiger partial charge in [0.1, 0.15) is 5.70 Å². The van der Waals surface area contributed by atoms with E-state index in [-0.39, 0.29) is 11.6 Å². The number of hydrogen-bond acceptors (Lipinski definition) is 3. The van der Waals surface area contributed by atoms with Gasteiger partial charge in [-0.05, 0) is 26.3 Å². The molecule has 13 heavy (non-hydrogen) atoms. The first-order valence-corrected chi connectivity index (χ1v) is 4.11. The van der Waals surface area contributed by atoms with Gasteiger partial charge in [0, 0.05) is 6.92 Å². The van der Waals surface area contributed by atoms with Gasteiger partial charge in [0.25, 0.3) is 0 Å². The molecule has 74 valence electrons. The first-order valence-electron chi connectivity index (χ1n) is 4.11. The van der Waals surface area contributed by atoms with Crippen molar-refractivity contribution in [1.82, 2.24) is 5.32 Å². The fraction of sp³-hybridized carbons (Fsp3) is 0.556. The average Bonchev–Trinajstić information content (AvgIpc) is 1.99. The molecular weight excluding hydrogens is 170 g/mol. The zero-order valence-corrected chi connectivity index (χ0v) is 8.43. The van der Waals surface area contributed by atoms with E-state index < -0.39 is 5.97 Å². The Morgan fingerprint density at radius 2 is 1.77 bits per heavy atom. The Bertz CT molecular complexity index is 239. The molecule has 0 atom stereocenters. The van der Waals surface area contributed by atoms with Crippen molar-refractivity contribution in [2.75, 3.05) is 6.61 Å². The zero-order chi connectivity index (χ0) is 10.4. The lowest BCUT2D eigenvalue weighted by Crippen LogP contribution is -2.27. The van der Waals surface area contributed by atoms with E-state index in [4.69, 9.17) is 4.74 Å². The van der Waals surface area contributed by atoms with Gasteiger partial charge in [0.05, 0.1) is 6.61 Å². The lowest BCUT2D eigenvalue weighted by atomic mass is 10.2. The molecule has 0 aromatic rings. The molecule has 0 aliphatic carbocycles. The summed E-state index contributed by atoms with van der Waals surface area (Å²) in [6.45, 7) is 6.84. The monoisotopic (exact) mass is 185 g/mol. The van der Waals surface area contributed by atoms with Gasteiger partial charge in [-0.1, -0.05) is 0 Å². The minimum atomic E-state index is -0.488. The molecule has 4 nitrogen and oxygen atoms in total. The molecule has 0 fully saturated rings. The first-order chi connectivity index (χ1) is 5.99. The average molecular weight is 185 g/mol. The van der Waals surface area contributed by atoms with Gasteiger partial charge in [-0.2, -0.15) is 0 Å². The molecule has 0 heterocycles. The Morgan fingerprint density at radius 3 is 2.08 bits per heavy atom. The van der Waals surface area contributed by atoms with Gasteiger partial charge in [-0.3, -0.25) is 4.79 Å². The van der Waals surface area contributed by atoms with Crippen LogP contribution in [0.2, 0.25) is 0 Å². The lowest BCUT2D eigenvalue weighted by Gasteiger charge is -2.08. The van der Waals surface area contributed by atoms with Gasteiger partial charge in [0.15, 0.2) is 0 Å². The van der Waals surface area contributed by atoms with Crippen molar-refractivity contribution in [2.45, 2.75) is 27.7 Å². The van der Waals surface area contributed by atoms with Gasteiger partial charge >= 0.3 is 5.97 Å². The number of ether oxygens (including phenoxy) is 1. The normalized spacial score (nSPS) is 8.92. The number of carbonyl (C=O) groups excluding carboxylic acids is 2. The van der Waals surface area contributed by atoms with Crippen LogP contribution in [0.1, 0.15) is 27.7 Å². The Balaban J connectivity index is 4.54. The van der Waals surface area contributed by atoms with E-state index >= 15 is 0 Å². The zero-order valence-electron chi connectivity index (χ0n) is 8.43. The van der Waals surface area contributed by atoms with Gasteiger partial charge in [-0.15, -0.1) is 0 Å². The van der Waals surface area contributed by atoms with Crippen molar-refractivity contribution >= 4 is 11.9 Å². The van der Waals surface area contributed by atoms with Crippen LogP contribution in [0.25, 0.3) is 0 Å². The van der Waals surface area contributed by atoms with E-state index in [0.29, 0.717) is 6.61 Å². The van der Waals surface area contributed by atoms with Crippen LogP contribution < -0.4 is 5.32 Å². The molecule has 0 aromatic heterocycles. The number of hydrogen-bond donors (Lipinski definition) is 1. The van der Waals surface area contributed by atoms with Crippen LogP contribution in [-0.2, 0) is 14.3 Å². The summed E-state index contributed by atoms with van der Waals surface area (Å²) < 4.78 is 4.75. The van der Waals surface area contributed by atoms with Crippen LogP contribution in [0.15, 0.2) is 11.3 Å². The van der Waals surface area contributed by atoms with E-state index in [1.54, 1.807) is 20.8 Å². The van der Waals surface area contributed by atoms with Crippen LogP contribution in [0.3, 0.4) is 0 Å². The van der Waals surface area contributed by atoms with Crippen LogP contribution >= 0.6 is 0 Å². The maximum atomic E-state index is 11.2. The van der Waals surface area contributed by atoms with E-state index in [2.05, 4.69) is 5.32 Å². The molecule has 0 saturated carbocycles. The van der Waals surface area contributed by atoms with E-state index in [0.717, 1.165) is 5.57 Å². The highest BCUT2D eigenvalue weighted by Crippen LogP contribution is 2.01. The van der Waals surface area contributed by atoms with Crippen molar-refractivity contribution in [1.29, 1.82) is 0 Å². The van der Waals surface area contributed by atoms with Crippen molar-refractivity contribution in [3.05, 3.63) is 11.3 Å². The second-order valence-corrected chi connectivity index (χ2v) is 2.78. The second-order valence-electron chi connectivity index (χ2n) is 2.78. The predicted octanol–water partition coefficient (Wildman–Crippen LogP) is 0.980. The Morgan fingerprint density at radius 1 is 1.23 bits per heavy atom. The summed E-state index contributed by atoms with van der Waals surface area (Å²) in [5.74, 6) is -0.762. The summed E-state index contributed by atoms with van der Waals surface area (Å²) in [6.07, 6.45) is 0. The van der Waals surface area contributed by atoms with Crippen molar-refractivity contribution in [2.24, 2.45) is 0 Å². The molecule has 0 rings (SSSR count). The summed E-state index contributed by atoms with van der Waals surface area (Å²) in [5.41, 5.74) is 0.961. The highest BCUT2D eigenvalue weighted by Gasteiger charge is 2.12.